The number of fused-ring (bicyclic) bond motifs is 1. The molecule has 0 unspecified atom stereocenters. The average Bonchev–Trinajstić information content (AvgIpc) is 3.27. The molecule has 0 radical (unpaired) electrons. The van der Waals surface area contributed by atoms with Crippen molar-refractivity contribution in [2.24, 2.45) is 0 Å². The maximum atomic E-state index is 13.2. The number of ether oxygens (including phenoxy) is 7. The Morgan fingerprint density at radius 3 is 2.25 bits per heavy atom. The quantitative estimate of drug-likeness (QED) is 0.198. The second-order valence-electron chi connectivity index (χ2n) is 8.69. The summed E-state index contributed by atoms with van der Waals surface area (Å²) in [5.41, 5.74) is -3.39. The van der Waals surface area contributed by atoms with Crippen molar-refractivity contribution in [2.45, 2.75) is 76.5 Å². The summed E-state index contributed by atoms with van der Waals surface area (Å²) in [6, 6.07) is 3.25. The van der Waals surface area contributed by atoms with Crippen molar-refractivity contribution in [3.8, 4) is 12.3 Å². The molecule has 0 bridgehead atoms. The molecule has 2 aliphatic rings. The fraction of sp³-hybridized carbons (Fsp3) is 0.600. The summed E-state index contributed by atoms with van der Waals surface area (Å²) >= 11 is 0. The van der Waals surface area contributed by atoms with E-state index in [1.54, 1.807) is 39.8 Å². The number of terminal acetylenes is 1. The maximum Gasteiger partial charge on any atom is 0.350 e. The Morgan fingerprint density at radius 1 is 1.11 bits per heavy atom. The van der Waals surface area contributed by atoms with Gasteiger partial charge in [-0.15, -0.1) is 6.42 Å². The zero-order valence-corrected chi connectivity index (χ0v) is 21.0. The third kappa shape index (κ3) is 5.37. The van der Waals surface area contributed by atoms with E-state index in [4.69, 9.17) is 39.6 Å². The van der Waals surface area contributed by atoms with Gasteiger partial charge in [-0.1, -0.05) is 5.92 Å². The van der Waals surface area contributed by atoms with Gasteiger partial charge in [-0.3, -0.25) is 9.78 Å². The summed E-state index contributed by atoms with van der Waals surface area (Å²) in [7, 11) is 0. The summed E-state index contributed by atoms with van der Waals surface area (Å²) in [6.45, 7) is 7.23. The van der Waals surface area contributed by atoms with Crippen LogP contribution in [0.4, 0.5) is 0 Å². The van der Waals surface area contributed by atoms with Crippen LogP contribution in [0.1, 0.15) is 40.2 Å². The van der Waals surface area contributed by atoms with Crippen LogP contribution in [0.5, 0.6) is 0 Å². The van der Waals surface area contributed by atoms with Gasteiger partial charge in [0.25, 0.3) is 5.60 Å². The predicted molar refractivity (Wildman–Crippen MR) is 122 cm³/mol. The minimum atomic E-state index is -2.20. The molecular weight excluding hydrogens is 474 g/mol. The highest BCUT2D eigenvalue weighted by atomic mass is 16.8. The van der Waals surface area contributed by atoms with Gasteiger partial charge in [0.2, 0.25) is 5.60 Å². The van der Waals surface area contributed by atoms with Crippen molar-refractivity contribution in [1.29, 1.82) is 0 Å². The molecule has 2 saturated heterocycles. The van der Waals surface area contributed by atoms with Crippen molar-refractivity contribution in [1.82, 2.24) is 4.98 Å². The van der Waals surface area contributed by atoms with Crippen LogP contribution < -0.4 is 0 Å². The minimum absolute atomic E-state index is 0.0116. The highest BCUT2D eigenvalue weighted by Gasteiger charge is 2.66. The van der Waals surface area contributed by atoms with E-state index >= 15 is 0 Å². The number of aromatic nitrogens is 1. The average molecular weight is 506 g/mol. The molecule has 0 saturated carbocycles. The molecule has 11 heteroatoms. The van der Waals surface area contributed by atoms with E-state index in [0.717, 1.165) is 0 Å². The van der Waals surface area contributed by atoms with Gasteiger partial charge in [0.1, 0.15) is 6.10 Å². The van der Waals surface area contributed by atoms with E-state index in [9.17, 15) is 14.4 Å². The molecule has 1 aromatic heterocycles. The van der Waals surface area contributed by atoms with Crippen LogP contribution in [0.2, 0.25) is 0 Å². The van der Waals surface area contributed by atoms with Gasteiger partial charge in [0.05, 0.1) is 19.8 Å². The van der Waals surface area contributed by atoms with Gasteiger partial charge in [-0.25, -0.2) is 9.59 Å². The summed E-state index contributed by atoms with van der Waals surface area (Å²) in [5, 5.41) is 0. The number of rotatable bonds is 10. The summed E-state index contributed by atoms with van der Waals surface area (Å²) in [6.07, 6.45) is 5.53. The van der Waals surface area contributed by atoms with E-state index in [2.05, 4.69) is 10.9 Å². The van der Waals surface area contributed by atoms with E-state index in [-0.39, 0.29) is 19.6 Å². The largest absolute Gasteiger partial charge is 0.463 e. The Bertz CT molecular complexity index is 986. The first-order valence-electron chi connectivity index (χ1n) is 11.6. The van der Waals surface area contributed by atoms with Crippen LogP contribution in [0.3, 0.4) is 0 Å². The smallest absolute Gasteiger partial charge is 0.350 e. The lowest BCUT2D eigenvalue weighted by molar-refractivity contribution is -0.239. The van der Waals surface area contributed by atoms with Crippen molar-refractivity contribution in [3.05, 3.63) is 30.1 Å². The van der Waals surface area contributed by atoms with Crippen molar-refractivity contribution in [2.75, 3.05) is 19.8 Å². The summed E-state index contributed by atoms with van der Waals surface area (Å²) in [5.74, 6) is -1.17. The fourth-order valence-corrected chi connectivity index (χ4v) is 4.19. The Balaban J connectivity index is 1.98. The Kier molecular flexibility index (Phi) is 8.36. The molecule has 0 spiro atoms. The van der Waals surface area contributed by atoms with Crippen molar-refractivity contribution < 1.29 is 47.5 Å². The molecule has 2 fully saturated rings. The molecule has 3 rings (SSSR count). The molecule has 0 aromatic carbocycles. The predicted octanol–water partition coefficient (Wildman–Crippen LogP) is 1.32. The van der Waals surface area contributed by atoms with E-state index in [1.807, 2.05) is 0 Å². The third-order valence-corrected chi connectivity index (χ3v) is 5.69. The lowest BCUT2D eigenvalue weighted by Gasteiger charge is -2.35. The van der Waals surface area contributed by atoms with Gasteiger partial charge >= 0.3 is 17.9 Å². The van der Waals surface area contributed by atoms with E-state index < -0.39 is 60.0 Å². The number of carbonyl (C=O) groups is 3. The molecule has 2 aliphatic heterocycles. The number of hydrogen-bond acceptors (Lipinski definition) is 11. The topological polar surface area (TPSA) is 129 Å². The monoisotopic (exact) mass is 505 g/mol. The molecule has 196 valence electrons. The fourth-order valence-electron chi connectivity index (χ4n) is 4.19. The van der Waals surface area contributed by atoms with Crippen LogP contribution >= 0.6 is 0 Å². The molecule has 1 aromatic rings. The molecule has 36 heavy (non-hydrogen) atoms. The maximum absolute atomic E-state index is 13.2. The summed E-state index contributed by atoms with van der Waals surface area (Å²) < 4.78 is 39.6. The van der Waals surface area contributed by atoms with Crippen LogP contribution in [0.15, 0.2) is 24.5 Å². The standard InChI is InChI=1S/C25H31NO10/c1-7-24(34-16(4)27)18(33-20-19(24)35-23(5,6)36-20)15-32-25(21(28)30-8-2,22(29)31-9-3)14-17-10-12-26-13-11-17/h1,10-13,18-20H,8-9,14-15H2,2-6H3/t18-,19+,20-,24-/m1/s1. The van der Waals surface area contributed by atoms with Gasteiger partial charge in [0, 0.05) is 25.7 Å². The van der Waals surface area contributed by atoms with Crippen LogP contribution in [-0.2, 0) is 54.0 Å². The number of esters is 3. The van der Waals surface area contributed by atoms with Crippen LogP contribution in [0.25, 0.3) is 0 Å². The first-order chi connectivity index (χ1) is 17.0. The Morgan fingerprint density at radius 2 is 1.72 bits per heavy atom. The SMILES string of the molecule is C#C[C@@]1(OC(C)=O)[C@@H](COC(Cc2ccncc2)(C(=O)OCC)C(=O)OCC)O[C@@H]2OC(C)(C)O[C@@H]21. The second-order valence-corrected chi connectivity index (χ2v) is 8.69. The number of carbonyl (C=O) groups excluding carboxylic acids is 3. The Labute approximate surface area is 209 Å². The highest BCUT2D eigenvalue weighted by molar-refractivity contribution is 6.04. The lowest BCUT2D eigenvalue weighted by Crippen LogP contribution is -2.57. The molecule has 3 heterocycles. The van der Waals surface area contributed by atoms with Crippen LogP contribution in [-0.4, -0.2) is 78.2 Å². The third-order valence-electron chi connectivity index (χ3n) is 5.69. The number of hydrogen-bond donors (Lipinski definition) is 0. The van der Waals surface area contributed by atoms with Crippen molar-refractivity contribution in [3.63, 3.8) is 0 Å². The van der Waals surface area contributed by atoms with Crippen LogP contribution in [0, 0.1) is 12.3 Å². The molecule has 4 atom stereocenters. The first-order valence-corrected chi connectivity index (χ1v) is 11.6. The minimum Gasteiger partial charge on any atom is -0.463 e. The zero-order valence-electron chi connectivity index (χ0n) is 21.0. The van der Waals surface area contributed by atoms with Gasteiger partial charge in [0.15, 0.2) is 18.2 Å². The van der Waals surface area contributed by atoms with Gasteiger partial charge < -0.3 is 33.2 Å². The van der Waals surface area contributed by atoms with Gasteiger partial charge in [-0.2, -0.15) is 0 Å². The Hall–Kier alpha value is -3.04. The molecule has 0 amide bonds. The molecule has 0 aliphatic carbocycles. The zero-order chi connectivity index (χ0) is 26.6. The second kappa shape index (κ2) is 10.9. The van der Waals surface area contributed by atoms with E-state index in [1.165, 1.54) is 19.3 Å². The van der Waals surface area contributed by atoms with Crippen molar-refractivity contribution >= 4 is 17.9 Å². The highest BCUT2D eigenvalue weighted by Crippen LogP contribution is 2.45. The number of pyridine rings is 1. The molecule has 0 N–H and O–H groups in total. The normalized spacial score (nSPS) is 26.5. The lowest BCUT2D eigenvalue weighted by atomic mass is 9.91. The van der Waals surface area contributed by atoms with E-state index in [0.29, 0.717) is 5.56 Å². The van der Waals surface area contributed by atoms with Gasteiger partial charge in [-0.05, 0) is 45.4 Å². The first kappa shape index (κ1) is 27.5. The molecular formula is C25H31NO10. The summed E-state index contributed by atoms with van der Waals surface area (Å²) in [4.78, 5) is 42.4. The molecule has 11 nitrogen and oxygen atoms in total. The number of nitrogens with zero attached hydrogens (tertiary/aromatic N) is 1.